The van der Waals surface area contributed by atoms with E-state index in [4.69, 9.17) is 15.2 Å². The van der Waals surface area contributed by atoms with Crippen LogP contribution in [0, 0.1) is 0 Å². The normalized spacial score (nSPS) is 13.7. The Kier molecular flexibility index (Phi) is 5.88. The summed E-state index contributed by atoms with van der Waals surface area (Å²) in [6, 6.07) is 10.1. The monoisotopic (exact) mass is 382 g/mol. The highest BCUT2D eigenvalue weighted by Crippen LogP contribution is 2.38. The third-order valence-corrected chi connectivity index (χ3v) is 4.60. The molecule has 1 heterocycles. The van der Waals surface area contributed by atoms with Crippen molar-refractivity contribution in [2.75, 3.05) is 33.0 Å². The highest BCUT2D eigenvalue weighted by Gasteiger charge is 2.21. The van der Waals surface area contributed by atoms with Crippen LogP contribution in [0.15, 0.2) is 46.7 Å². The van der Waals surface area contributed by atoms with Crippen molar-refractivity contribution in [3.05, 3.63) is 47.5 Å². The van der Waals surface area contributed by atoms with E-state index in [1.54, 1.807) is 36.4 Å². The van der Waals surface area contributed by atoms with Crippen LogP contribution in [0.1, 0.15) is 33.6 Å². The van der Waals surface area contributed by atoms with Gasteiger partial charge in [0.2, 0.25) is 0 Å². The summed E-state index contributed by atoms with van der Waals surface area (Å²) in [4.78, 5) is 24.3. The van der Waals surface area contributed by atoms with E-state index in [1.165, 1.54) is 14.2 Å². The average molecular weight is 382 g/mol. The fraction of sp³-hybridized carbons (Fsp3) is 0.300. The number of carbonyl (C=O) groups excluding carboxylic acids is 2. The van der Waals surface area contributed by atoms with Crippen molar-refractivity contribution in [3.8, 4) is 11.1 Å². The summed E-state index contributed by atoms with van der Waals surface area (Å²) in [7, 11) is 2.60. The molecule has 28 heavy (non-hydrogen) atoms. The first-order valence-corrected chi connectivity index (χ1v) is 8.92. The van der Waals surface area contributed by atoms with Crippen molar-refractivity contribution >= 4 is 23.3 Å². The van der Waals surface area contributed by atoms with Crippen molar-refractivity contribution < 1.29 is 19.1 Å². The van der Waals surface area contributed by atoms with Crippen LogP contribution in [0.4, 0.5) is 11.4 Å². The number of methoxy groups -OCH3 is 2. The molecule has 1 saturated heterocycles. The van der Waals surface area contributed by atoms with Crippen molar-refractivity contribution in [2.45, 2.75) is 12.8 Å². The summed E-state index contributed by atoms with van der Waals surface area (Å²) < 4.78 is 9.68. The Hall–Kier alpha value is -3.42. The minimum Gasteiger partial charge on any atom is -0.465 e. The molecule has 0 radical (unpaired) electrons. The van der Waals surface area contributed by atoms with Crippen molar-refractivity contribution in [2.24, 2.45) is 10.3 Å². The number of anilines is 1. The second-order valence-corrected chi connectivity index (χ2v) is 6.30. The number of rotatable bonds is 5. The minimum absolute atomic E-state index is 0.242. The number of hydrogen-bond donors (Lipinski definition) is 1. The molecule has 0 spiro atoms. The van der Waals surface area contributed by atoms with Gasteiger partial charge in [-0.1, -0.05) is 29.5 Å². The first-order valence-electron chi connectivity index (χ1n) is 8.92. The molecule has 2 aromatic carbocycles. The topological polar surface area (TPSA) is 107 Å². The molecule has 2 N–H and O–H groups in total. The lowest BCUT2D eigenvalue weighted by Gasteiger charge is -2.14. The van der Waals surface area contributed by atoms with Gasteiger partial charge in [-0.25, -0.2) is 9.59 Å². The number of hydrogen-bond acceptors (Lipinski definition) is 7. The Bertz CT molecular complexity index is 920. The number of para-hydroxylation sites is 1. The minimum atomic E-state index is -0.538. The molecule has 1 aliphatic heterocycles. The number of esters is 2. The van der Waals surface area contributed by atoms with E-state index < -0.39 is 11.9 Å². The lowest BCUT2D eigenvalue weighted by molar-refractivity contribution is 0.0592. The smallest absolute Gasteiger partial charge is 0.340 e. The van der Waals surface area contributed by atoms with Gasteiger partial charge in [0.25, 0.3) is 0 Å². The number of ether oxygens (including phenoxy) is 2. The fourth-order valence-electron chi connectivity index (χ4n) is 3.13. The molecule has 0 unspecified atom stereocenters. The number of nitrogen functional groups attached to an aromatic ring is 1. The van der Waals surface area contributed by atoms with Crippen LogP contribution in [0.5, 0.6) is 0 Å². The zero-order chi connectivity index (χ0) is 20.1. The van der Waals surface area contributed by atoms with Crippen LogP contribution in [0.25, 0.3) is 11.1 Å². The van der Waals surface area contributed by atoms with E-state index in [0.29, 0.717) is 16.8 Å². The molecule has 0 aliphatic carbocycles. The van der Waals surface area contributed by atoms with E-state index in [2.05, 4.69) is 10.3 Å². The molecule has 146 valence electrons. The standard InChI is InChI=1S/C20H22N4O4/c1-27-19(25)15-9-5-7-13(17(15)21)14-8-6-10-16(20(26)28-2)18(14)22-23-24-11-3-4-12-24/h5-10H,3-4,11-12,21H2,1-2H3. The van der Waals surface area contributed by atoms with Gasteiger partial charge in [0.05, 0.1) is 31.0 Å². The summed E-state index contributed by atoms with van der Waals surface area (Å²) in [6.07, 6.45) is 2.11. The Morgan fingerprint density at radius 2 is 1.50 bits per heavy atom. The molecule has 3 rings (SSSR count). The molecule has 0 saturated carbocycles. The zero-order valence-electron chi connectivity index (χ0n) is 15.8. The van der Waals surface area contributed by atoms with Crippen molar-refractivity contribution in [1.82, 2.24) is 5.01 Å². The first-order chi connectivity index (χ1) is 13.6. The molecule has 0 aromatic heterocycles. The van der Waals surface area contributed by atoms with Gasteiger partial charge >= 0.3 is 11.9 Å². The lowest BCUT2D eigenvalue weighted by atomic mass is 9.96. The average Bonchev–Trinajstić information content (AvgIpc) is 3.24. The lowest BCUT2D eigenvalue weighted by Crippen LogP contribution is -2.10. The zero-order valence-corrected chi connectivity index (χ0v) is 15.8. The Balaban J connectivity index is 2.15. The largest absolute Gasteiger partial charge is 0.465 e. The van der Waals surface area contributed by atoms with Gasteiger partial charge in [-0.05, 0) is 25.0 Å². The Morgan fingerprint density at radius 1 is 0.929 bits per heavy atom. The van der Waals surface area contributed by atoms with E-state index in [0.717, 1.165) is 25.9 Å². The third kappa shape index (κ3) is 3.80. The molecule has 2 aromatic rings. The molecule has 1 aliphatic rings. The maximum absolute atomic E-state index is 12.3. The highest BCUT2D eigenvalue weighted by molar-refractivity contribution is 6.03. The summed E-state index contributed by atoms with van der Waals surface area (Å²) in [5.41, 5.74) is 8.47. The second-order valence-electron chi connectivity index (χ2n) is 6.30. The molecule has 0 bridgehead atoms. The van der Waals surface area contributed by atoms with Crippen LogP contribution in [0.3, 0.4) is 0 Å². The second kappa shape index (κ2) is 8.51. The number of carbonyl (C=O) groups is 2. The van der Waals surface area contributed by atoms with Crippen LogP contribution >= 0.6 is 0 Å². The molecular formula is C20H22N4O4. The number of nitrogens with zero attached hydrogens (tertiary/aromatic N) is 3. The third-order valence-electron chi connectivity index (χ3n) is 4.60. The molecule has 1 fully saturated rings. The Labute approximate surface area is 162 Å². The van der Waals surface area contributed by atoms with Gasteiger partial charge in [-0.2, -0.15) is 0 Å². The molecular weight excluding hydrogens is 360 g/mol. The van der Waals surface area contributed by atoms with Crippen LogP contribution < -0.4 is 5.73 Å². The van der Waals surface area contributed by atoms with Crippen LogP contribution in [0.2, 0.25) is 0 Å². The number of benzene rings is 2. The predicted octanol–water partition coefficient (Wildman–Crippen LogP) is 3.60. The van der Waals surface area contributed by atoms with Gasteiger partial charge in [0, 0.05) is 24.2 Å². The predicted molar refractivity (Wildman–Crippen MR) is 104 cm³/mol. The highest BCUT2D eigenvalue weighted by atomic mass is 16.5. The molecule has 0 amide bonds. The van der Waals surface area contributed by atoms with Crippen molar-refractivity contribution in [1.29, 1.82) is 0 Å². The maximum atomic E-state index is 12.3. The molecule has 0 atom stereocenters. The quantitative estimate of drug-likeness (QED) is 0.481. The van der Waals surface area contributed by atoms with Gasteiger partial charge in [-0.3, -0.25) is 5.01 Å². The molecule has 8 nitrogen and oxygen atoms in total. The SMILES string of the molecule is COC(=O)c1cccc(-c2cccc(C(=O)OC)c2N=NN2CCCC2)c1N. The number of nitrogens with two attached hydrogens (primary N) is 1. The summed E-state index contributed by atoms with van der Waals surface area (Å²) in [6.45, 7) is 1.64. The van der Waals surface area contributed by atoms with E-state index in [1.807, 2.05) is 5.01 Å². The fourth-order valence-corrected chi connectivity index (χ4v) is 3.13. The van der Waals surface area contributed by atoms with Gasteiger partial charge in [0.1, 0.15) is 5.69 Å². The van der Waals surface area contributed by atoms with E-state index >= 15 is 0 Å². The van der Waals surface area contributed by atoms with Gasteiger partial charge in [-0.15, -0.1) is 5.11 Å². The summed E-state index contributed by atoms with van der Waals surface area (Å²) in [5.74, 6) is -1.07. The van der Waals surface area contributed by atoms with Crippen LogP contribution in [-0.4, -0.2) is 44.3 Å². The first kappa shape index (κ1) is 19.3. The van der Waals surface area contributed by atoms with Gasteiger partial charge < -0.3 is 15.2 Å². The summed E-state index contributed by atoms with van der Waals surface area (Å²) >= 11 is 0. The van der Waals surface area contributed by atoms with E-state index in [9.17, 15) is 9.59 Å². The van der Waals surface area contributed by atoms with E-state index in [-0.39, 0.29) is 16.8 Å². The van der Waals surface area contributed by atoms with Crippen LogP contribution in [-0.2, 0) is 9.47 Å². The molecule has 8 heteroatoms. The van der Waals surface area contributed by atoms with Crippen molar-refractivity contribution in [3.63, 3.8) is 0 Å². The summed E-state index contributed by atoms with van der Waals surface area (Å²) in [5, 5.41) is 10.5. The van der Waals surface area contributed by atoms with Gasteiger partial charge in [0.15, 0.2) is 0 Å². The maximum Gasteiger partial charge on any atom is 0.340 e. The Morgan fingerprint density at radius 3 is 2.14 bits per heavy atom.